The van der Waals surface area contributed by atoms with E-state index in [0.717, 1.165) is 38.6 Å². The second-order valence-electron chi connectivity index (χ2n) is 5.80. The Morgan fingerprint density at radius 1 is 1.19 bits per heavy atom. The number of rotatable bonds is 10. The van der Waals surface area contributed by atoms with E-state index in [2.05, 4.69) is 36.6 Å². The molecule has 2 unspecified atom stereocenters. The Hall–Kier alpha value is -1.35. The zero-order valence-corrected chi connectivity index (χ0v) is 13.7. The van der Waals surface area contributed by atoms with Crippen LogP contribution in [0.3, 0.4) is 0 Å². The van der Waals surface area contributed by atoms with E-state index in [1.54, 1.807) is 0 Å². The van der Waals surface area contributed by atoms with Crippen LogP contribution in [0.1, 0.15) is 45.1 Å². The minimum absolute atomic E-state index is 0.153. The molecule has 0 aliphatic carbocycles. The number of carbonyl (C=O) groups is 1. The highest BCUT2D eigenvalue weighted by Gasteiger charge is 2.17. The number of carbonyl (C=O) groups excluding carboxylic acids is 1. The van der Waals surface area contributed by atoms with Gasteiger partial charge in [0.05, 0.1) is 0 Å². The fraction of sp³-hybridized carbons (Fsp3) is 0.611. The van der Waals surface area contributed by atoms with Gasteiger partial charge >= 0.3 is 0 Å². The summed E-state index contributed by atoms with van der Waals surface area (Å²) in [5, 5.41) is 6.31. The zero-order chi connectivity index (χ0) is 15.5. The molecule has 21 heavy (non-hydrogen) atoms. The van der Waals surface area contributed by atoms with Crippen LogP contribution >= 0.6 is 0 Å². The maximum atomic E-state index is 12.3. The van der Waals surface area contributed by atoms with Crippen LogP contribution in [0.2, 0.25) is 0 Å². The molecule has 0 saturated carbocycles. The summed E-state index contributed by atoms with van der Waals surface area (Å²) in [4.78, 5) is 12.3. The third-order valence-corrected chi connectivity index (χ3v) is 3.87. The van der Waals surface area contributed by atoms with Crippen molar-refractivity contribution < 1.29 is 4.79 Å². The third kappa shape index (κ3) is 7.28. The maximum absolute atomic E-state index is 12.3. The Bertz CT molecular complexity index is 391. The fourth-order valence-corrected chi connectivity index (χ4v) is 2.59. The average molecular weight is 290 g/mol. The smallest absolute Gasteiger partial charge is 0.223 e. The quantitative estimate of drug-likeness (QED) is 0.650. The molecule has 0 spiro atoms. The molecule has 0 heterocycles. The first-order valence-electron chi connectivity index (χ1n) is 8.16. The highest BCUT2D eigenvalue weighted by molar-refractivity contribution is 5.78. The van der Waals surface area contributed by atoms with Crippen molar-refractivity contribution in [3.63, 3.8) is 0 Å². The predicted octanol–water partition coefficient (Wildman–Crippen LogP) is 3.15. The molecule has 0 bridgehead atoms. The number of benzene rings is 1. The molecule has 0 aliphatic rings. The van der Waals surface area contributed by atoms with Crippen molar-refractivity contribution in [2.75, 3.05) is 13.6 Å². The number of hydrogen-bond acceptors (Lipinski definition) is 2. The van der Waals surface area contributed by atoms with E-state index in [-0.39, 0.29) is 17.9 Å². The molecule has 0 saturated heterocycles. The van der Waals surface area contributed by atoms with Crippen LogP contribution in [0.15, 0.2) is 30.3 Å². The first-order valence-corrected chi connectivity index (χ1v) is 8.16. The highest BCUT2D eigenvalue weighted by atomic mass is 16.1. The lowest BCUT2D eigenvalue weighted by atomic mass is 9.97. The van der Waals surface area contributed by atoms with Gasteiger partial charge in [-0.15, -0.1) is 0 Å². The topological polar surface area (TPSA) is 41.1 Å². The fourth-order valence-electron chi connectivity index (χ4n) is 2.59. The van der Waals surface area contributed by atoms with E-state index in [9.17, 15) is 4.79 Å². The molecular formula is C18H30N2O. The number of amides is 1. The molecule has 1 aromatic carbocycles. The van der Waals surface area contributed by atoms with E-state index in [0.29, 0.717) is 0 Å². The van der Waals surface area contributed by atoms with Gasteiger partial charge in [0.1, 0.15) is 0 Å². The zero-order valence-electron chi connectivity index (χ0n) is 13.7. The van der Waals surface area contributed by atoms with E-state index >= 15 is 0 Å². The van der Waals surface area contributed by atoms with Crippen molar-refractivity contribution in [2.45, 2.75) is 52.0 Å². The van der Waals surface area contributed by atoms with Gasteiger partial charge < -0.3 is 10.6 Å². The average Bonchev–Trinajstić information content (AvgIpc) is 2.48. The van der Waals surface area contributed by atoms with Gasteiger partial charge in [0, 0.05) is 12.0 Å². The van der Waals surface area contributed by atoms with E-state index in [4.69, 9.17) is 0 Å². The van der Waals surface area contributed by atoms with Gasteiger partial charge in [-0.25, -0.2) is 0 Å². The minimum atomic E-state index is 0.153. The molecule has 0 radical (unpaired) electrons. The van der Waals surface area contributed by atoms with Crippen molar-refractivity contribution in [3.8, 4) is 0 Å². The molecule has 0 fully saturated rings. The van der Waals surface area contributed by atoms with Crippen molar-refractivity contribution >= 4 is 5.91 Å². The number of hydrogen-bond donors (Lipinski definition) is 2. The summed E-state index contributed by atoms with van der Waals surface area (Å²) in [6.45, 7) is 5.21. The van der Waals surface area contributed by atoms with Crippen molar-refractivity contribution in [3.05, 3.63) is 35.9 Å². The lowest BCUT2D eigenvalue weighted by molar-refractivity contribution is -0.125. The van der Waals surface area contributed by atoms with Gasteiger partial charge in [-0.3, -0.25) is 4.79 Å². The third-order valence-electron chi connectivity index (χ3n) is 3.87. The molecular weight excluding hydrogens is 260 g/mol. The summed E-state index contributed by atoms with van der Waals surface area (Å²) >= 11 is 0. The molecule has 1 aromatic rings. The molecule has 0 aliphatic heterocycles. The lowest BCUT2D eigenvalue weighted by Gasteiger charge is -2.19. The van der Waals surface area contributed by atoms with Crippen molar-refractivity contribution in [1.29, 1.82) is 0 Å². The first kappa shape index (κ1) is 17.7. The summed E-state index contributed by atoms with van der Waals surface area (Å²) < 4.78 is 0. The Morgan fingerprint density at radius 3 is 2.52 bits per heavy atom. The standard InChI is InChI=1S/C18H30N2O/c1-4-17(12-8-9-13-19-3)18(21)20-15(2)14-16-10-6-5-7-11-16/h5-7,10-11,15,17,19H,4,8-9,12-14H2,1-3H3,(H,20,21). The van der Waals surface area contributed by atoms with E-state index < -0.39 is 0 Å². The van der Waals surface area contributed by atoms with Gasteiger partial charge in [0.15, 0.2) is 0 Å². The molecule has 3 nitrogen and oxygen atoms in total. The summed E-state index contributed by atoms with van der Waals surface area (Å²) in [6, 6.07) is 10.5. The van der Waals surface area contributed by atoms with Crippen LogP contribution in [0, 0.1) is 5.92 Å². The summed E-state index contributed by atoms with van der Waals surface area (Å²) in [5.41, 5.74) is 1.27. The summed E-state index contributed by atoms with van der Waals surface area (Å²) in [6.07, 6.45) is 5.05. The molecule has 1 amide bonds. The molecule has 118 valence electrons. The van der Waals surface area contributed by atoms with Crippen LogP contribution in [0.5, 0.6) is 0 Å². The Balaban J connectivity index is 2.35. The Kier molecular flexibility index (Phi) is 8.76. The molecule has 0 aromatic heterocycles. The van der Waals surface area contributed by atoms with Crippen LogP contribution in [0.25, 0.3) is 0 Å². The minimum Gasteiger partial charge on any atom is -0.353 e. The SMILES string of the molecule is CCC(CCCCNC)C(=O)NC(C)Cc1ccccc1. The second-order valence-corrected chi connectivity index (χ2v) is 5.80. The lowest BCUT2D eigenvalue weighted by Crippen LogP contribution is -2.38. The van der Waals surface area contributed by atoms with Gasteiger partial charge in [0.2, 0.25) is 5.91 Å². The van der Waals surface area contributed by atoms with Gasteiger partial charge in [-0.1, -0.05) is 43.7 Å². The monoisotopic (exact) mass is 290 g/mol. The van der Waals surface area contributed by atoms with Crippen LogP contribution in [0.4, 0.5) is 0 Å². The van der Waals surface area contributed by atoms with E-state index in [1.807, 2.05) is 25.2 Å². The maximum Gasteiger partial charge on any atom is 0.223 e. The number of nitrogens with one attached hydrogen (secondary N) is 2. The van der Waals surface area contributed by atoms with Crippen molar-refractivity contribution in [1.82, 2.24) is 10.6 Å². The predicted molar refractivity (Wildman–Crippen MR) is 89.3 cm³/mol. The van der Waals surface area contributed by atoms with Gasteiger partial charge in [0.25, 0.3) is 0 Å². The normalized spacial score (nSPS) is 13.7. The van der Waals surface area contributed by atoms with Gasteiger partial charge in [-0.2, -0.15) is 0 Å². The Morgan fingerprint density at radius 2 is 1.90 bits per heavy atom. The first-order chi connectivity index (χ1) is 10.2. The van der Waals surface area contributed by atoms with Crippen LogP contribution in [-0.2, 0) is 11.2 Å². The molecule has 3 heteroatoms. The summed E-state index contributed by atoms with van der Waals surface area (Å²) in [5.74, 6) is 0.366. The second kappa shape index (κ2) is 10.4. The van der Waals surface area contributed by atoms with Crippen LogP contribution < -0.4 is 10.6 Å². The molecule has 2 N–H and O–H groups in total. The van der Waals surface area contributed by atoms with Crippen LogP contribution in [-0.4, -0.2) is 25.5 Å². The van der Waals surface area contributed by atoms with Gasteiger partial charge in [-0.05, 0) is 51.8 Å². The van der Waals surface area contributed by atoms with Crippen molar-refractivity contribution in [2.24, 2.45) is 5.92 Å². The van der Waals surface area contributed by atoms with E-state index in [1.165, 1.54) is 5.56 Å². The largest absolute Gasteiger partial charge is 0.353 e. The highest BCUT2D eigenvalue weighted by Crippen LogP contribution is 2.13. The molecule has 1 rings (SSSR count). The summed E-state index contributed by atoms with van der Waals surface area (Å²) in [7, 11) is 1.97. The number of unbranched alkanes of at least 4 members (excludes halogenated alkanes) is 1. The Labute approximate surface area is 129 Å². The molecule has 2 atom stereocenters.